The van der Waals surface area contributed by atoms with Gasteiger partial charge in [0, 0.05) is 24.0 Å². The van der Waals surface area contributed by atoms with Crippen LogP contribution >= 0.6 is 0 Å². The van der Waals surface area contributed by atoms with Gasteiger partial charge in [0.1, 0.15) is 11.6 Å². The number of pyridine rings is 1. The topological polar surface area (TPSA) is 102 Å². The summed E-state index contributed by atoms with van der Waals surface area (Å²) >= 11 is 0. The summed E-state index contributed by atoms with van der Waals surface area (Å²) in [6.07, 6.45) is 3.18. The molecule has 1 amide bonds. The van der Waals surface area contributed by atoms with Crippen molar-refractivity contribution in [2.75, 3.05) is 12.5 Å². The molecule has 2 N–H and O–H groups in total. The first-order chi connectivity index (χ1) is 11.7. The van der Waals surface area contributed by atoms with E-state index in [1.807, 2.05) is 0 Å². The zero-order chi connectivity index (χ0) is 16.9. The van der Waals surface area contributed by atoms with Gasteiger partial charge < -0.3 is 9.26 Å². The Morgan fingerprint density at radius 1 is 1.25 bits per heavy atom. The molecule has 3 rings (SSSR count). The maximum Gasteiger partial charge on any atom is 0.340 e. The van der Waals surface area contributed by atoms with Crippen LogP contribution in [0.5, 0.6) is 5.75 Å². The molecule has 0 aliphatic carbocycles. The Morgan fingerprint density at radius 3 is 2.75 bits per heavy atom. The minimum Gasteiger partial charge on any atom is -0.497 e. The van der Waals surface area contributed by atoms with Crippen molar-refractivity contribution >= 4 is 11.9 Å². The van der Waals surface area contributed by atoms with Crippen molar-refractivity contribution in [3.63, 3.8) is 0 Å². The van der Waals surface area contributed by atoms with Crippen molar-refractivity contribution in [3.05, 3.63) is 54.1 Å². The lowest BCUT2D eigenvalue weighted by Crippen LogP contribution is -2.30. The number of nitrogens with zero attached hydrogens (tertiary/aromatic N) is 3. The number of hydrogen-bond donors (Lipinski definition) is 2. The number of amides is 1. The van der Waals surface area contributed by atoms with E-state index in [2.05, 4.69) is 26.0 Å². The molecule has 122 valence electrons. The Hall–Kier alpha value is -3.49. The smallest absolute Gasteiger partial charge is 0.340 e. The van der Waals surface area contributed by atoms with Crippen LogP contribution in [0.4, 0.5) is 10.4 Å². The van der Waals surface area contributed by atoms with E-state index in [-0.39, 0.29) is 11.6 Å². The fraction of sp³-hybridized carbons (Fsp3) is 0.0667. The van der Waals surface area contributed by atoms with Crippen LogP contribution in [0.15, 0.2) is 47.2 Å². The average molecular weight is 329 g/mol. The van der Waals surface area contributed by atoms with Gasteiger partial charge in [-0.25, -0.2) is 9.82 Å². The predicted molar refractivity (Wildman–Crippen MR) is 81.6 cm³/mol. The van der Waals surface area contributed by atoms with E-state index in [4.69, 9.17) is 9.26 Å². The highest BCUT2D eigenvalue weighted by molar-refractivity contribution is 5.95. The van der Waals surface area contributed by atoms with E-state index in [1.165, 1.54) is 19.2 Å². The van der Waals surface area contributed by atoms with E-state index < -0.39 is 11.7 Å². The van der Waals surface area contributed by atoms with Gasteiger partial charge in [0.25, 0.3) is 5.91 Å². The second-order valence-corrected chi connectivity index (χ2v) is 4.58. The molecule has 0 aliphatic rings. The predicted octanol–water partition coefficient (Wildman–Crippen LogP) is 2.04. The van der Waals surface area contributed by atoms with Gasteiger partial charge in [-0.1, -0.05) is 5.16 Å². The third-order valence-electron chi connectivity index (χ3n) is 3.07. The van der Waals surface area contributed by atoms with Gasteiger partial charge >= 0.3 is 6.01 Å². The van der Waals surface area contributed by atoms with Crippen molar-refractivity contribution in [1.82, 2.24) is 20.6 Å². The summed E-state index contributed by atoms with van der Waals surface area (Å²) in [6.45, 7) is 0. The number of anilines is 1. The van der Waals surface area contributed by atoms with E-state index in [9.17, 15) is 9.18 Å². The standard InChI is InChI=1S/C15H12FN5O3/c1-23-10-2-3-11(12(16)8-10)14(22)19-20-15-18-13(21-24-15)9-4-6-17-7-5-9/h2-8H,1H3,(H,19,22)(H,18,20,21). The molecule has 0 atom stereocenters. The first kappa shape index (κ1) is 15.4. The molecule has 0 saturated carbocycles. The quantitative estimate of drug-likeness (QED) is 0.690. The summed E-state index contributed by atoms with van der Waals surface area (Å²) in [4.78, 5) is 19.9. The molecule has 0 fully saturated rings. The highest BCUT2D eigenvalue weighted by Gasteiger charge is 2.14. The molecule has 0 spiro atoms. The number of rotatable bonds is 5. The van der Waals surface area contributed by atoms with Gasteiger partial charge in [0.15, 0.2) is 0 Å². The van der Waals surface area contributed by atoms with Crippen LogP contribution in [0.2, 0.25) is 0 Å². The molecule has 1 aromatic carbocycles. The zero-order valence-corrected chi connectivity index (χ0v) is 12.5. The fourth-order valence-electron chi connectivity index (χ4n) is 1.88. The number of ether oxygens (including phenoxy) is 1. The Bertz CT molecular complexity index is 853. The second kappa shape index (κ2) is 6.73. The molecule has 0 unspecified atom stereocenters. The van der Waals surface area contributed by atoms with Crippen LogP contribution in [0, 0.1) is 5.82 Å². The fourth-order valence-corrected chi connectivity index (χ4v) is 1.88. The first-order valence-corrected chi connectivity index (χ1v) is 6.81. The average Bonchev–Trinajstić information content (AvgIpc) is 3.09. The third kappa shape index (κ3) is 3.29. The van der Waals surface area contributed by atoms with Crippen LogP contribution in [0.1, 0.15) is 10.4 Å². The number of carbonyl (C=O) groups excluding carboxylic acids is 1. The molecule has 8 nitrogen and oxygen atoms in total. The van der Waals surface area contributed by atoms with Crippen molar-refractivity contribution in [2.45, 2.75) is 0 Å². The first-order valence-electron chi connectivity index (χ1n) is 6.81. The Balaban J connectivity index is 1.66. The molecule has 0 saturated heterocycles. The number of halogens is 1. The summed E-state index contributed by atoms with van der Waals surface area (Å²) in [5, 5.41) is 3.76. The lowest BCUT2D eigenvalue weighted by atomic mass is 10.2. The molecule has 0 aliphatic heterocycles. The van der Waals surface area contributed by atoms with Gasteiger partial charge in [-0.15, -0.1) is 0 Å². The summed E-state index contributed by atoms with van der Waals surface area (Å²) in [7, 11) is 1.41. The van der Waals surface area contributed by atoms with Crippen molar-refractivity contribution in [1.29, 1.82) is 0 Å². The van der Waals surface area contributed by atoms with Crippen LogP contribution in [0.25, 0.3) is 11.4 Å². The van der Waals surface area contributed by atoms with E-state index in [0.717, 1.165) is 6.07 Å². The third-order valence-corrected chi connectivity index (χ3v) is 3.07. The van der Waals surface area contributed by atoms with Gasteiger partial charge in [-0.3, -0.25) is 15.2 Å². The lowest BCUT2D eigenvalue weighted by molar-refractivity contribution is 0.0957. The SMILES string of the molecule is COc1ccc(C(=O)NNc2nc(-c3ccncc3)no2)c(F)c1. The minimum atomic E-state index is -0.711. The normalized spacial score (nSPS) is 10.2. The molecule has 2 aromatic heterocycles. The Labute approximate surface area is 135 Å². The van der Waals surface area contributed by atoms with Crippen molar-refractivity contribution < 1.29 is 18.4 Å². The molecule has 3 aromatic rings. The minimum absolute atomic E-state index is 0.0379. The van der Waals surface area contributed by atoms with Crippen LogP contribution in [-0.2, 0) is 0 Å². The van der Waals surface area contributed by atoms with Crippen molar-refractivity contribution in [2.24, 2.45) is 0 Å². The maximum atomic E-state index is 13.8. The number of carbonyl (C=O) groups is 1. The van der Waals surface area contributed by atoms with Crippen LogP contribution in [-0.4, -0.2) is 28.1 Å². The second-order valence-electron chi connectivity index (χ2n) is 4.58. The van der Waals surface area contributed by atoms with E-state index in [1.54, 1.807) is 24.5 Å². The molecule has 0 bridgehead atoms. The molecule has 2 heterocycles. The van der Waals surface area contributed by atoms with Crippen molar-refractivity contribution in [3.8, 4) is 17.1 Å². The lowest BCUT2D eigenvalue weighted by Gasteiger charge is -2.06. The molecule has 24 heavy (non-hydrogen) atoms. The Kier molecular flexibility index (Phi) is 4.32. The summed E-state index contributed by atoms with van der Waals surface area (Å²) in [6, 6.07) is 7.28. The summed E-state index contributed by atoms with van der Waals surface area (Å²) in [5.41, 5.74) is 5.26. The molecular formula is C15H12FN5O3. The maximum absolute atomic E-state index is 13.8. The number of methoxy groups -OCH3 is 1. The van der Waals surface area contributed by atoms with E-state index >= 15 is 0 Å². The number of hydrazine groups is 1. The highest BCUT2D eigenvalue weighted by Crippen LogP contribution is 2.17. The van der Waals surface area contributed by atoms with Crippen LogP contribution < -0.4 is 15.6 Å². The summed E-state index contributed by atoms with van der Waals surface area (Å²) < 4.78 is 23.6. The highest BCUT2D eigenvalue weighted by atomic mass is 19.1. The zero-order valence-electron chi connectivity index (χ0n) is 12.5. The Morgan fingerprint density at radius 2 is 2.04 bits per heavy atom. The molecule has 9 heteroatoms. The number of benzene rings is 1. The van der Waals surface area contributed by atoms with Gasteiger partial charge in [0.2, 0.25) is 5.82 Å². The molecule has 0 radical (unpaired) electrons. The molecular weight excluding hydrogens is 317 g/mol. The van der Waals surface area contributed by atoms with Gasteiger partial charge in [0.05, 0.1) is 12.7 Å². The number of hydrogen-bond acceptors (Lipinski definition) is 7. The number of nitrogens with one attached hydrogen (secondary N) is 2. The largest absolute Gasteiger partial charge is 0.497 e. The number of aromatic nitrogens is 3. The summed E-state index contributed by atoms with van der Waals surface area (Å²) in [5.74, 6) is -0.767. The monoisotopic (exact) mass is 329 g/mol. The van der Waals surface area contributed by atoms with Gasteiger partial charge in [-0.05, 0) is 24.3 Å². The van der Waals surface area contributed by atoms with Crippen LogP contribution in [0.3, 0.4) is 0 Å². The van der Waals surface area contributed by atoms with Gasteiger partial charge in [-0.2, -0.15) is 4.98 Å². The van der Waals surface area contributed by atoms with E-state index in [0.29, 0.717) is 17.1 Å².